The maximum absolute atomic E-state index is 13.1. The summed E-state index contributed by atoms with van der Waals surface area (Å²) in [5, 5.41) is 0. The van der Waals surface area contributed by atoms with Crippen LogP contribution in [-0.2, 0) is 19.5 Å². The predicted octanol–water partition coefficient (Wildman–Crippen LogP) is 4.50. The number of aromatic nitrogens is 1. The van der Waals surface area contributed by atoms with Gasteiger partial charge in [-0.15, -0.1) is 0 Å². The van der Waals surface area contributed by atoms with Crippen molar-refractivity contribution in [3.63, 3.8) is 0 Å². The van der Waals surface area contributed by atoms with Crippen LogP contribution in [0.15, 0.2) is 73.1 Å². The molecule has 1 aromatic heterocycles. The van der Waals surface area contributed by atoms with Gasteiger partial charge in [-0.25, -0.2) is 0 Å². The number of hydrogen-bond acceptors (Lipinski definition) is 3. The van der Waals surface area contributed by atoms with Gasteiger partial charge in [0.05, 0.1) is 7.11 Å². The molecule has 1 heterocycles. The molecule has 0 spiro atoms. The molecule has 1 amide bonds. The van der Waals surface area contributed by atoms with E-state index in [1.54, 1.807) is 31.6 Å². The molecule has 4 nitrogen and oxygen atoms in total. The number of methoxy groups -OCH3 is 1. The molecule has 4 heteroatoms. The summed E-state index contributed by atoms with van der Waals surface area (Å²) in [5.41, 5.74) is 4.05. The quantitative estimate of drug-likeness (QED) is 0.623. The fourth-order valence-electron chi connectivity index (χ4n) is 2.93. The molecule has 2 aromatic carbocycles. The highest BCUT2D eigenvalue weighted by atomic mass is 16.5. The van der Waals surface area contributed by atoms with Gasteiger partial charge < -0.3 is 9.64 Å². The number of hydrogen-bond donors (Lipinski definition) is 0. The molecule has 0 saturated heterocycles. The second kappa shape index (κ2) is 8.99. The molecule has 0 aliphatic rings. The Kier molecular flexibility index (Phi) is 6.21. The number of rotatable bonds is 7. The molecule has 0 bridgehead atoms. The van der Waals surface area contributed by atoms with Crippen LogP contribution in [-0.4, -0.2) is 22.9 Å². The highest BCUT2D eigenvalue weighted by Gasteiger charge is 2.17. The molecule has 0 aliphatic heterocycles. The molecule has 0 fully saturated rings. The summed E-state index contributed by atoms with van der Waals surface area (Å²) in [4.78, 5) is 19.2. The smallest absolute Gasteiger partial charge is 0.254 e. The molecule has 138 valence electrons. The number of pyridine rings is 1. The Bertz CT molecular complexity index is 859. The van der Waals surface area contributed by atoms with Gasteiger partial charge in [0.1, 0.15) is 5.75 Å². The average Bonchev–Trinajstić information content (AvgIpc) is 2.74. The summed E-state index contributed by atoms with van der Waals surface area (Å²) < 4.78 is 5.19. The zero-order valence-electron chi connectivity index (χ0n) is 15.8. The summed E-state index contributed by atoms with van der Waals surface area (Å²) in [6, 6.07) is 19.5. The number of amides is 1. The van der Waals surface area contributed by atoms with Crippen LogP contribution in [0.3, 0.4) is 0 Å². The van der Waals surface area contributed by atoms with Crippen molar-refractivity contribution in [3.05, 3.63) is 95.3 Å². The molecule has 0 N–H and O–H groups in total. The molecule has 0 aliphatic carbocycles. The second-order valence-electron chi connectivity index (χ2n) is 6.42. The van der Waals surface area contributed by atoms with E-state index in [0.717, 1.165) is 23.3 Å². The number of nitrogens with zero attached hydrogens (tertiary/aromatic N) is 2. The molecule has 3 aromatic rings. The van der Waals surface area contributed by atoms with Crippen LogP contribution in [0.25, 0.3) is 0 Å². The van der Waals surface area contributed by atoms with Gasteiger partial charge in [-0.05, 0) is 53.4 Å². The van der Waals surface area contributed by atoms with Gasteiger partial charge in [0, 0.05) is 31.0 Å². The SMILES string of the molecule is CCc1ccc(CN(Cc2cccnc2)C(=O)c2ccc(OC)cc2)cc1. The lowest BCUT2D eigenvalue weighted by Crippen LogP contribution is -2.30. The fourth-order valence-corrected chi connectivity index (χ4v) is 2.93. The van der Waals surface area contributed by atoms with Gasteiger partial charge in [-0.3, -0.25) is 9.78 Å². The molecule has 3 rings (SSSR count). The first kappa shape index (κ1) is 18.6. The standard InChI is InChI=1S/C23H24N2O2/c1-3-18-6-8-19(9-7-18)16-25(17-20-5-4-14-24-15-20)23(26)21-10-12-22(27-2)13-11-21/h4-15H,3,16-17H2,1-2H3. The predicted molar refractivity (Wildman–Crippen MR) is 107 cm³/mol. The lowest BCUT2D eigenvalue weighted by Gasteiger charge is -2.23. The van der Waals surface area contributed by atoms with Crippen LogP contribution >= 0.6 is 0 Å². The van der Waals surface area contributed by atoms with E-state index >= 15 is 0 Å². The summed E-state index contributed by atoms with van der Waals surface area (Å²) in [6.45, 7) is 3.19. The third-order valence-electron chi connectivity index (χ3n) is 4.53. The van der Waals surface area contributed by atoms with E-state index in [2.05, 4.69) is 36.2 Å². The maximum atomic E-state index is 13.1. The molecule has 0 atom stereocenters. The first-order valence-corrected chi connectivity index (χ1v) is 9.09. The van der Waals surface area contributed by atoms with Crippen molar-refractivity contribution in [1.82, 2.24) is 9.88 Å². The van der Waals surface area contributed by atoms with Gasteiger partial charge in [0.25, 0.3) is 5.91 Å². The number of carbonyl (C=O) groups excluding carboxylic acids is 1. The Morgan fingerprint density at radius 2 is 1.59 bits per heavy atom. The van der Waals surface area contributed by atoms with Crippen molar-refractivity contribution in [2.45, 2.75) is 26.4 Å². The van der Waals surface area contributed by atoms with Crippen LogP contribution in [0.5, 0.6) is 5.75 Å². The Hall–Kier alpha value is -3.14. The molecule has 0 unspecified atom stereocenters. The van der Waals surface area contributed by atoms with Crippen molar-refractivity contribution < 1.29 is 9.53 Å². The number of benzene rings is 2. The number of ether oxygens (including phenoxy) is 1. The van der Waals surface area contributed by atoms with Crippen molar-refractivity contribution >= 4 is 5.91 Å². The maximum Gasteiger partial charge on any atom is 0.254 e. The van der Waals surface area contributed by atoms with Crippen LogP contribution in [0.1, 0.15) is 34.0 Å². The minimum atomic E-state index is -0.0129. The Balaban J connectivity index is 1.84. The Labute approximate surface area is 160 Å². The fraction of sp³-hybridized carbons (Fsp3) is 0.217. The summed E-state index contributed by atoms with van der Waals surface area (Å²) >= 11 is 0. The van der Waals surface area contributed by atoms with E-state index in [1.165, 1.54) is 5.56 Å². The first-order valence-electron chi connectivity index (χ1n) is 9.09. The molecular formula is C23H24N2O2. The van der Waals surface area contributed by atoms with Crippen LogP contribution in [0.4, 0.5) is 0 Å². The van der Waals surface area contributed by atoms with Crippen LogP contribution < -0.4 is 4.74 Å². The van der Waals surface area contributed by atoms with Gasteiger partial charge >= 0.3 is 0 Å². The van der Waals surface area contributed by atoms with E-state index in [0.29, 0.717) is 18.7 Å². The highest BCUT2D eigenvalue weighted by Crippen LogP contribution is 2.17. The van der Waals surface area contributed by atoms with Crippen molar-refractivity contribution in [2.75, 3.05) is 7.11 Å². The van der Waals surface area contributed by atoms with Gasteiger partial charge in [-0.1, -0.05) is 37.3 Å². The first-order chi connectivity index (χ1) is 13.2. The van der Waals surface area contributed by atoms with Crippen LogP contribution in [0, 0.1) is 0 Å². The van der Waals surface area contributed by atoms with Gasteiger partial charge in [-0.2, -0.15) is 0 Å². The zero-order chi connectivity index (χ0) is 19.1. The average molecular weight is 360 g/mol. The number of aryl methyl sites for hydroxylation is 1. The number of carbonyl (C=O) groups is 1. The monoisotopic (exact) mass is 360 g/mol. The van der Waals surface area contributed by atoms with E-state index in [4.69, 9.17) is 4.74 Å². The largest absolute Gasteiger partial charge is 0.497 e. The van der Waals surface area contributed by atoms with Crippen LogP contribution in [0.2, 0.25) is 0 Å². The summed E-state index contributed by atoms with van der Waals surface area (Å²) in [6.07, 6.45) is 4.54. The minimum absolute atomic E-state index is 0.0129. The van der Waals surface area contributed by atoms with E-state index < -0.39 is 0 Å². The van der Waals surface area contributed by atoms with E-state index in [9.17, 15) is 4.79 Å². The van der Waals surface area contributed by atoms with Gasteiger partial charge in [0.2, 0.25) is 0 Å². The van der Waals surface area contributed by atoms with Crippen molar-refractivity contribution in [2.24, 2.45) is 0 Å². The Morgan fingerprint density at radius 3 is 2.19 bits per heavy atom. The lowest BCUT2D eigenvalue weighted by molar-refractivity contribution is 0.0730. The van der Waals surface area contributed by atoms with Crippen molar-refractivity contribution in [3.8, 4) is 5.75 Å². The second-order valence-corrected chi connectivity index (χ2v) is 6.42. The minimum Gasteiger partial charge on any atom is -0.497 e. The highest BCUT2D eigenvalue weighted by molar-refractivity contribution is 5.94. The molecular weight excluding hydrogens is 336 g/mol. The molecule has 0 radical (unpaired) electrons. The molecule has 27 heavy (non-hydrogen) atoms. The summed E-state index contributed by atoms with van der Waals surface area (Å²) in [7, 11) is 1.62. The van der Waals surface area contributed by atoms with Crippen molar-refractivity contribution in [1.29, 1.82) is 0 Å². The van der Waals surface area contributed by atoms with E-state index in [-0.39, 0.29) is 5.91 Å². The van der Waals surface area contributed by atoms with Gasteiger partial charge in [0.15, 0.2) is 0 Å². The zero-order valence-corrected chi connectivity index (χ0v) is 15.8. The topological polar surface area (TPSA) is 42.4 Å². The molecule has 0 saturated carbocycles. The Morgan fingerprint density at radius 1 is 0.926 bits per heavy atom. The normalized spacial score (nSPS) is 10.4. The van der Waals surface area contributed by atoms with E-state index in [1.807, 2.05) is 29.2 Å². The lowest BCUT2D eigenvalue weighted by atomic mass is 10.1. The third kappa shape index (κ3) is 4.94. The third-order valence-corrected chi connectivity index (χ3v) is 4.53. The summed E-state index contributed by atoms with van der Waals surface area (Å²) in [5.74, 6) is 0.724.